The van der Waals surface area contributed by atoms with E-state index >= 15 is 0 Å². The molecule has 0 fully saturated rings. The predicted octanol–water partition coefficient (Wildman–Crippen LogP) is 2.66. The molecule has 0 saturated heterocycles. The lowest BCUT2D eigenvalue weighted by Crippen LogP contribution is -2.49. The van der Waals surface area contributed by atoms with Gasteiger partial charge in [0.05, 0.1) is 11.7 Å². The first-order valence-corrected chi connectivity index (χ1v) is 9.88. The number of anilines is 1. The zero-order valence-electron chi connectivity index (χ0n) is 18.3. The summed E-state index contributed by atoms with van der Waals surface area (Å²) >= 11 is 0. The molecule has 0 saturated carbocycles. The number of aryl methyl sites for hydroxylation is 1. The molecule has 8 heteroatoms. The van der Waals surface area contributed by atoms with E-state index in [4.69, 9.17) is 0 Å². The highest BCUT2D eigenvalue weighted by Crippen LogP contribution is 2.35. The molecule has 0 radical (unpaired) electrons. The van der Waals surface area contributed by atoms with Crippen molar-refractivity contribution in [3.8, 4) is 0 Å². The highest BCUT2D eigenvalue weighted by atomic mass is 19.1. The van der Waals surface area contributed by atoms with Crippen molar-refractivity contribution in [2.75, 3.05) is 19.4 Å². The van der Waals surface area contributed by atoms with Crippen LogP contribution in [-0.2, 0) is 9.59 Å². The lowest BCUT2D eigenvalue weighted by molar-refractivity contribution is -0.133. The number of likely N-dealkylation sites (N-methyl/N-ethyl adjacent to an activating group) is 1. The number of hydrogen-bond acceptors (Lipinski definition) is 4. The number of aromatic nitrogens is 1. The van der Waals surface area contributed by atoms with Crippen molar-refractivity contribution in [1.29, 1.82) is 0 Å². The van der Waals surface area contributed by atoms with Crippen LogP contribution in [0.4, 0.5) is 10.1 Å². The summed E-state index contributed by atoms with van der Waals surface area (Å²) in [4.78, 5) is 29.5. The van der Waals surface area contributed by atoms with Crippen LogP contribution >= 0.6 is 0 Å². The van der Waals surface area contributed by atoms with Crippen molar-refractivity contribution in [3.63, 3.8) is 0 Å². The second-order valence-electron chi connectivity index (χ2n) is 7.94. The lowest BCUT2D eigenvalue weighted by Gasteiger charge is -2.26. The van der Waals surface area contributed by atoms with E-state index in [0.29, 0.717) is 28.2 Å². The van der Waals surface area contributed by atoms with Gasteiger partial charge >= 0.3 is 0 Å². The molecule has 2 atom stereocenters. The minimum absolute atomic E-state index is 0.273. The molecule has 2 aromatic rings. The summed E-state index contributed by atoms with van der Waals surface area (Å²) in [6.07, 6.45) is 0.748. The van der Waals surface area contributed by atoms with Gasteiger partial charge in [0, 0.05) is 48.0 Å². The molecular weight excluding hydrogens is 399 g/mol. The van der Waals surface area contributed by atoms with Gasteiger partial charge in [-0.3, -0.25) is 9.59 Å². The number of H-pyrrole nitrogens is 1. The summed E-state index contributed by atoms with van der Waals surface area (Å²) in [5, 5.41) is 15.8. The molecule has 7 nitrogen and oxygen atoms in total. The Hall–Kier alpha value is -3.39. The van der Waals surface area contributed by atoms with Crippen LogP contribution in [0.5, 0.6) is 0 Å². The van der Waals surface area contributed by atoms with Gasteiger partial charge in [-0.2, -0.15) is 0 Å². The molecule has 2 amide bonds. The molecule has 31 heavy (non-hydrogen) atoms. The number of aliphatic hydroxyl groups is 1. The van der Waals surface area contributed by atoms with Crippen LogP contribution in [0.25, 0.3) is 17.3 Å². The van der Waals surface area contributed by atoms with Gasteiger partial charge in [-0.05, 0) is 50.6 Å². The summed E-state index contributed by atoms with van der Waals surface area (Å²) in [5.74, 6) is -1.00. The number of benzene rings is 1. The molecule has 1 aromatic carbocycles. The third-order valence-electron chi connectivity index (χ3n) is 5.35. The highest BCUT2D eigenvalue weighted by molar-refractivity contribution is 6.34. The maximum absolute atomic E-state index is 13.7. The number of aliphatic hydroxyl groups excluding tert-OH is 1. The Morgan fingerprint density at radius 2 is 2.00 bits per heavy atom. The van der Waals surface area contributed by atoms with E-state index in [1.54, 1.807) is 20.2 Å². The van der Waals surface area contributed by atoms with E-state index in [2.05, 4.69) is 22.2 Å². The molecular formula is C23H27FN4O3. The van der Waals surface area contributed by atoms with Crippen LogP contribution < -0.4 is 10.6 Å². The normalized spacial score (nSPS) is 16.0. The highest BCUT2D eigenvalue weighted by Gasteiger charge is 2.28. The average Bonchev–Trinajstić information content (AvgIpc) is 3.14. The number of carbonyl (C=O) groups excluding carboxylic acids is 2. The molecule has 0 spiro atoms. The Morgan fingerprint density at radius 3 is 2.61 bits per heavy atom. The fourth-order valence-corrected chi connectivity index (χ4v) is 3.75. The smallest absolute Gasteiger partial charge is 0.256 e. The third-order valence-corrected chi connectivity index (χ3v) is 5.35. The van der Waals surface area contributed by atoms with Gasteiger partial charge in [-0.1, -0.05) is 6.58 Å². The van der Waals surface area contributed by atoms with Gasteiger partial charge in [0.15, 0.2) is 0 Å². The van der Waals surface area contributed by atoms with Crippen LogP contribution in [0.2, 0.25) is 0 Å². The van der Waals surface area contributed by atoms with E-state index in [1.165, 1.54) is 30.0 Å². The van der Waals surface area contributed by atoms with Gasteiger partial charge in [-0.15, -0.1) is 0 Å². The van der Waals surface area contributed by atoms with Gasteiger partial charge in [0.1, 0.15) is 11.9 Å². The number of amides is 2. The van der Waals surface area contributed by atoms with Crippen LogP contribution in [0, 0.1) is 19.7 Å². The van der Waals surface area contributed by atoms with E-state index in [9.17, 15) is 19.1 Å². The molecule has 0 aliphatic carbocycles. The third kappa shape index (κ3) is 4.25. The largest absolute Gasteiger partial charge is 0.391 e. The molecule has 164 valence electrons. The van der Waals surface area contributed by atoms with Crippen molar-refractivity contribution in [2.45, 2.75) is 32.9 Å². The Kier molecular flexibility index (Phi) is 6.03. The van der Waals surface area contributed by atoms with Gasteiger partial charge in [0.25, 0.3) is 5.91 Å². The molecule has 3 rings (SSSR count). The lowest BCUT2D eigenvalue weighted by atomic mass is 10.0. The first-order valence-electron chi connectivity index (χ1n) is 9.88. The van der Waals surface area contributed by atoms with Crippen molar-refractivity contribution < 1.29 is 19.1 Å². The van der Waals surface area contributed by atoms with Crippen molar-refractivity contribution in [3.05, 3.63) is 58.7 Å². The SMILES string of the molecule is C=C(N[C@H](C(=O)N(C)C)[C@H](C)O)c1c(C)[nH]c(/C=C2\C(=O)Nc3ccc(F)cc32)c1C. The number of nitrogens with zero attached hydrogens (tertiary/aromatic N) is 1. The fourth-order valence-electron chi connectivity index (χ4n) is 3.75. The quantitative estimate of drug-likeness (QED) is 0.534. The summed E-state index contributed by atoms with van der Waals surface area (Å²) in [6.45, 7) is 9.31. The van der Waals surface area contributed by atoms with Crippen molar-refractivity contribution in [1.82, 2.24) is 15.2 Å². The van der Waals surface area contributed by atoms with E-state index < -0.39 is 18.0 Å². The number of hydrogen-bond donors (Lipinski definition) is 4. The summed E-state index contributed by atoms with van der Waals surface area (Å²) in [5.41, 5.74) is 4.90. The molecule has 4 N–H and O–H groups in total. The topological polar surface area (TPSA) is 97.5 Å². The van der Waals surface area contributed by atoms with E-state index in [1.807, 2.05) is 13.8 Å². The molecule has 2 heterocycles. The zero-order valence-corrected chi connectivity index (χ0v) is 18.3. The Bertz CT molecular complexity index is 1100. The van der Waals surface area contributed by atoms with Crippen LogP contribution in [-0.4, -0.2) is 53.0 Å². The summed E-state index contributed by atoms with van der Waals surface area (Å²) < 4.78 is 13.7. The van der Waals surface area contributed by atoms with Gasteiger partial charge in [-0.25, -0.2) is 4.39 Å². The fraction of sp³-hybridized carbons (Fsp3) is 0.304. The zero-order chi connectivity index (χ0) is 23.0. The maximum atomic E-state index is 13.7. The molecule has 0 unspecified atom stereocenters. The standard InChI is InChI=1S/C23H27FN4O3/c1-11-19(10-17-16-9-15(24)7-8-18(16)27-22(17)30)25-12(2)20(11)13(3)26-21(14(4)29)23(31)28(5)6/h7-10,14,21,25-26,29H,3H2,1-2,4-6H3,(H,27,30)/b17-10-/t14-,21-/m0/s1. The van der Waals surface area contributed by atoms with Crippen molar-refractivity contribution in [2.24, 2.45) is 0 Å². The number of rotatable bonds is 6. The number of fused-ring (bicyclic) bond motifs is 1. The summed E-state index contributed by atoms with van der Waals surface area (Å²) in [6, 6.07) is 3.30. The number of aromatic amines is 1. The number of halogens is 1. The van der Waals surface area contributed by atoms with Crippen LogP contribution in [0.1, 0.15) is 35.0 Å². The Labute approximate surface area is 180 Å². The maximum Gasteiger partial charge on any atom is 0.256 e. The summed E-state index contributed by atoms with van der Waals surface area (Å²) in [7, 11) is 3.24. The molecule has 0 bridgehead atoms. The minimum atomic E-state index is -0.929. The van der Waals surface area contributed by atoms with Crippen molar-refractivity contribution >= 4 is 34.8 Å². The Balaban J connectivity index is 1.96. The predicted molar refractivity (Wildman–Crippen MR) is 119 cm³/mol. The minimum Gasteiger partial charge on any atom is -0.391 e. The molecule has 1 aromatic heterocycles. The first-order chi connectivity index (χ1) is 14.5. The van der Waals surface area contributed by atoms with Crippen LogP contribution in [0.3, 0.4) is 0 Å². The first kappa shape index (κ1) is 22.3. The molecule has 1 aliphatic heterocycles. The number of carbonyl (C=O) groups is 2. The second-order valence-corrected chi connectivity index (χ2v) is 7.94. The molecule has 1 aliphatic rings. The Morgan fingerprint density at radius 1 is 1.32 bits per heavy atom. The van der Waals surface area contributed by atoms with Gasteiger partial charge in [0.2, 0.25) is 5.91 Å². The van der Waals surface area contributed by atoms with E-state index in [0.717, 1.165) is 16.8 Å². The van der Waals surface area contributed by atoms with Gasteiger partial charge < -0.3 is 25.6 Å². The van der Waals surface area contributed by atoms with E-state index in [-0.39, 0.29) is 11.8 Å². The monoisotopic (exact) mass is 426 g/mol. The number of nitrogens with one attached hydrogen (secondary N) is 3. The second kappa shape index (κ2) is 8.39. The average molecular weight is 426 g/mol. The van der Waals surface area contributed by atoms with Crippen LogP contribution in [0.15, 0.2) is 24.8 Å².